The molecule has 0 aromatic carbocycles. The van der Waals surface area contributed by atoms with E-state index >= 15 is 0 Å². The molecule has 2 aliphatic rings. The third kappa shape index (κ3) is 1.18. The number of nitrogens with one attached hydrogen (secondary N) is 1. The van der Waals surface area contributed by atoms with E-state index in [0.29, 0.717) is 11.8 Å². The summed E-state index contributed by atoms with van der Waals surface area (Å²) in [4.78, 5) is 23.1. The van der Waals surface area contributed by atoms with Crippen LogP contribution in [0.4, 0.5) is 0 Å². The van der Waals surface area contributed by atoms with Crippen LogP contribution in [0.15, 0.2) is 0 Å². The van der Waals surface area contributed by atoms with E-state index < -0.39 is 0 Å². The van der Waals surface area contributed by atoms with Crippen molar-refractivity contribution < 1.29 is 9.59 Å². The van der Waals surface area contributed by atoms with E-state index in [1.54, 1.807) is 0 Å². The number of fused-ring (bicyclic) bond motifs is 1. The van der Waals surface area contributed by atoms with E-state index in [2.05, 4.69) is 19.2 Å². The monoisotopic (exact) mass is 195 g/mol. The van der Waals surface area contributed by atoms with Crippen LogP contribution in [0, 0.1) is 23.7 Å². The second kappa shape index (κ2) is 3.37. The number of carbonyl (C=O) groups is 2. The van der Waals surface area contributed by atoms with Gasteiger partial charge in [0.05, 0.1) is 11.8 Å². The standard InChI is InChI=1S/C11H17NO2/c1-3-6-5-7(4-2)9-8(6)10(13)12-11(9)14/h6-9H,3-5H2,1-2H3,(H,12,13,14). The fourth-order valence-electron chi connectivity index (χ4n) is 3.15. The second-order valence-electron chi connectivity index (χ2n) is 4.48. The molecule has 4 unspecified atom stereocenters. The van der Waals surface area contributed by atoms with Gasteiger partial charge in [-0.1, -0.05) is 26.7 Å². The van der Waals surface area contributed by atoms with Crippen LogP contribution < -0.4 is 5.32 Å². The van der Waals surface area contributed by atoms with Crippen LogP contribution in [0.5, 0.6) is 0 Å². The normalized spacial score (nSPS) is 41.3. The number of rotatable bonds is 2. The molecule has 14 heavy (non-hydrogen) atoms. The zero-order chi connectivity index (χ0) is 10.3. The van der Waals surface area contributed by atoms with E-state index in [1.165, 1.54) is 0 Å². The smallest absolute Gasteiger partial charge is 0.230 e. The Kier molecular flexibility index (Phi) is 2.33. The molecule has 4 atom stereocenters. The second-order valence-corrected chi connectivity index (χ2v) is 4.48. The lowest BCUT2D eigenvalue weighted by Gasteiger charge is -2.12. The molecular formula is C11H17NO2. The van der Waals surface area contributed by atoms with Gasteiger partial charge in [-0.3, -0.25) is 14.9 Å². The third-order valence-corrected chi connectivity index (χ3v) is 3.91. The van der Waals surface area contributed by atoms with Gasteiger partial charge in [0.25, 0.3) is 0 Å². The molecule has 0 aromatic rings. The van der Waals surface area contributed by atoms with Gasteiger partial charge in [0.15, 0.2) is 0 Å². The Morgan fingerprint density at radius 2 is 1.50 bits per heavy atom. The summed E-state index contributed by atoms with van der Waals surface area (Å²) in [5.41, 5.74) is 0. The summed E-state index contributed by atoms with van der Waals surface area (Å²) < 4.78 is 0. The molecule has 1 aliphatic carbocycles. The molecule has 1 saturated heterocycles. The maximum absolute atomic E-state index is 11.6. The molecule has 3 heteroatoms. The fraction of sp³-hybridized carbons (Fsp3) is 0.818. The van der Waals surface area contributed by atoms with Crippen molar-refractivity contribution in [3.8, 4) is 0 Å². The molecule has 0 bridgehead atoms. The first-order chi connectivity index (χ1) is 6.69. The molecule has 1 saturated carbocycles. The number of imide groups is 1. The summed E-state index contributed by atoms with van der Waals surface area (Å²) in [6.45, 7) is 4.21. The van der Waals surface area contributed by atoms with Gasteiger partial charge in [0.1, 0.15) is 0 Å². The van der Waals surface area contributed by atoms with Crippen LogP contribution in [0.25, 0.3) is 0 Å². The number of carbonyl (C=O) groups excluding carboxylic acids is 2. The lowest BCUT2D eigenvalue weighted by atomic mass is 9.88. The van der Waals surface area contributed by atoms with Crippen molar-refractivity contribution in [2.75, 3.05) is 0 Å². The molecule has 78 valence electrons. The first-order valence-electron chi connectivity index (χ1n) is 5.53. The van der Waals surface area contributed by atoms with Crippen LogP contribution in [0.1, 0.15) is 33.1 Å². The number of hydrogen-bond donors (Lipinski definition) is 1. The van der Waals surface area contributed by atoms with Gasteiger partial charge in [0.2, 0.25) is 11.8 Å². The highest BCUT2D eigenvalue weighted by molar-refractivity contribution is 6.05. The number of hydrogen-bond acceptors (Lipinski definition) is 2. The van der Waals surface area contributed by atoms with Crippen molar-refractivity contribution in [1.82, 2.24) is 5.32 Å². The van der Waals surface area contributed by atoms with E-state index in [1.807, 2.05) is 0 Å². The lowest BCUT2D eigenvalue weighted by Crippen LogP contribution is -2.26. The largest absolute Gasteiger partial charge is 0.296 e. The Hall–Kier alpha value is -0.860. The highest BCUT2D eigenvalue weighted by Crippen LogP contribution is 2.47. The van der Waals surface area contributed by atoms with Crippen LogP contribution in [-0.4, -0.2) is 11.8 Å². The minimum atomic E-state index is -0.0252. The van der Waals surface area contributed by atoms with Gasteiger partial charge >= 0.3 is 0 Å². The minimum absolute atomic E-state index is 0.0163. The average Bonchev–Trinajstić information content (AvgIpc) is 2.67. The lowest BCUT2D eigenvalue weighted by molar-refractivity contribution is -0.127. The maximum Gasteiger partial charge on any atom is 0.230 e. The Morgan fingerprint density at radius 3 is 1.86 bits per heavy atom. The Bertz CT molecular complexity index is 248. The summed E-state index contributed by atoms with van der Waals surface area (Å²) in [5.74, 6) is 0.772. The summed E-state index contributed by atoms with van der Waals surface area (Å²) in [6, 6.07) is 0. The molecule has 0 aromatic heterocycles. The Balaban J connectivity index is 2.26. The molecule has 0 spiro atoms. The van der Waals surface area contributed by atoms with E-state index in [0.717, 1.165) is 19.3 Å². The van der Waals surface area contributed by atoms with Crippen LogP contribution >= 0.6 is 0 Å². The first kappa shape index (κ1) is 9.69. The predicted octanol–water partition coefficient (Wildman–Crippen LogP) is 1.33. The van der Waals surface area contributed by atoms with Crippen LogP contribution in [0.3, 0.4) is 0 Å². The SMILES string of the molecule is CCC1CC(CC)C2C(=O)NC(=O)C12. The van der Waals surface area contributed by atoms with Crippen molar-refractivity contribution in [2.45, 2.75) is 33.1 Å². The molecule has 1 aliphatic heterocycles. The zero-order valence-electron chi connectivity index (χ0n) is 8.75. The predicted molar refractivity (Wildman–Crippen MR) is 52.3 cm³/mol. The van der Waals surface area contributed by atoms with Crippen LogP contribution in [-0.2, 0) is 9.59 Å². The third-order valence-electron chi connectivity index (χ3n) is 3.91. The van der Waals surface area contributed by atoms with Gasteiger partial charge in [0, 0.05) is 0 Å². The Labute approximate surface area is 84.2 Å². The van der Waals surface area contributed by atoms with Gasteiger partial charge in [-0.2, -0.15) is 0 Å². The highest BCUT2D eigenvalue weighted by atomic mass is 16.2. The summed E-state index contributed by atoms with van der Waals surface area (Å²) in [7, 11) is 0. The quantitative estimate of drug-likeness (QED) is 0.676. The molecule has 3 nitrogen and oxygen atoms in total. The van der Waals surface area contributed by atoms with E-state index in [4.69, 9.17) is 0 Å². The molecule has 2 amide bonds. The van der Waals surface area contributed by atoms with Crippen molar-refractivity contribution >= 4 is 11.8 Å². The van der Waals surface area contributed by atoms with Gasteiger partial charge in [-0.05, 0) is 18.3 Å². The molecule has 2 rings (SSSR count). The summed E-state index contributed by atoms with van der Waals surface area (Å²) in [5, 5.41) is 2.47. The first-order valence-corrected chi connectivity index (χ1v) is 5.53. The van der Waals surface area contributed by atoms with E-state index in [9.17, 15) is 9.59 Å². The maximum atomic E-state index is 11.6. The van der Waals surface area contributed by atoms with Gasteiger partial charge < -0.3 is 0 Å². The molecular weight excluding hydrogens is 178 g/mol. The van der Waals surface area contributed by atoms with Crippen molar-refractivity contribution in [2.24, 2.45) is 23.7 Å². The number of amides is 2. The molecule has 0 radical (unpaired) electrons. The van der Waals surface area contributed by atoms with Crippen molar-refractivity contribution in [3.05, 3.63) is 0 Å². The van der Waals surface area contributed by atoms with Crippen molar-refractivity contribution in [1.29, 1.82) is 0 Å². The van der Waals surface area contributed by atoms with Crippen molar-refractivity contribution in [3.63, 3.8) is 0 Å². The summed E-state index contributed by atoms with van der Waals surface area (Å²) >= 11 is 0. The molecule has 1 N–H and O–H groups in total. The van der Waals surface area contributed by atoms with Gasteiger partial charge in [-0.15, -0.1) is 0 Å². The zero-order valence-corrected chi connectivity index (χ0v) is 8.75. The molecule has 1 heterocycles. The van der Waals surface area contributed by atoms with Gasteiger partial charge in [-0.25, -0.2) is 0 Å². The Morgan fingerprint density at radius 1 is 1.07 bits per heavy atom. The fourth-order valence-corrected chi connectivity index (χ4v) is 3.15. The average molecular weight is 195 g/mol. The summed E-state index contributed by atoms with van der Waals surface area (Å²) in [6.07, 6.45) is 3.08. The van der Waals surface area contributed by atoms with Crippen LogP contribution in [0.2, 0.25) is 0 Å². The minimum Gasteiger partial charge on any atom is -0.296 e. The van der Waals surface area contributed by atoms with E-state index in [-0.39, 0.29) is 23.7 Å². The molecule has 2 fully saturated rings. The highest BCUT2D eigenvalue weighted by Gasteiger charge is 2.53. The topological polar surface area (TPSA) is 46.2 Å².